The molecule has 0 saturated heterocycles. The summed E-state index contributed by atoms with van der Waals surface area (Å²) >= 11 is 0. The Bertz CT molecular complexity index is 1140. The fourth-order valence-electron chi connectivity index (χ4n) is 3.81. The molecule has 2 aromatic rings. The molecule has 1 saturated carbocycles. The quantitative estimate of drug-likeness (QED) is 0.656. The zero-order valence-electron chi connectivity index (χ0n) is 17.5. The highest BCUT2D eigenvalue weighted by atomic mass is 32.2. The van der Waals surface area contributed by atoms with Gasteiger partial charge >= 0.3 is 0 Å². The summed E-state index contributed by atoms with van der Waals surface area (Å²) in [7, 11) is -1.86. The number of rotatable bonds is 7. The van der Waals surface area contributed by atoms with E-state index in [-0.39, 0.29) is 30.0 Å². The van der Waals surface area contributed by atoms with Crippen molar-refractivity contribution in [3.05, 3.63) is 70.5 Å². The van der Waals surface area contributed by atoms with Crippen molar-refractivity contribution in [2.24, 2.45) is 0 Å². The monoisotopic (exact) mass is 444 g/mol. The van der Waals surface area contributed by atoms with Crippen molar-refractivity contribution >= 4 is 15.7 Å². The van der Waals surface area contributed by atoms with Crippen molar-refractivity contribution in [1.29, 1.82) is 0 Å². The second-order valence-electron chi connectivity index (χ2n) is 8.50. The summed E-state index contributed by atoms with van der Waals surface area (Å²) in [5.41, 5.74) is 2.04. The predicted molar refractivity (Wildman–Crippen MR) is 115 cm³/mol. The van der Waals surface area contributed by atoms with Gasteiger partial charge in [0.1, 0.15) is 5.82 Å². The first-order valence-corrected chi connectivity index (χ1v) is 11.9. The molecule has 1 aliphatic heterocycles. The van der Waals surface area contributed by atoms with Crippen LogP contribution in [0.2, 0.25) is 0 Å². The van der Waals surface area contributed by atoms with Gasteiger partial charge in [0.15, 0.2) is 9.84 Å². The fourth-order valence-corrected chi connectivity index (χ4v) is 5.11. The highest BCUT2D eigenvalue weighted by Gasteiger charge is 2.39. The van der Waals surface area contributed by atoms with Gasteiger partial charge in [-0.05, 0) is 53.2 Å². The molecule has 1 amide bonds. The van der Waals surface area contributed by atoms with Crippen LogP contribution in [-0.2, 0) is 33.0 Å². The zero-order chi connectivity index (χ0) is 22.2. The Labute approximate surface area is 181 Å². The Morgan fingerprint density at radius 3 is 2.68 bits per heavy atom. The lowest BCUT2D eigenvalue weighted by molar-refractivity contribution is -0.132. The molecule has 0 N–H and O–H groups in total. The molecular weight excluding hydrogens is 419 g/mol. The van der Waals surface area contributed by atoms with Crippen LogP contribution >= 0.6 is 0 Å². The van der Waals surface area contributed by atoms with E-state index < -0.39 is 21.7 Å². The first kappa shape index (κ1) is 21.5. The van der Waals surface area contributed by atoms with E-state index in [0.717, 1.165) is 29.4 Å². The average Bonchev–Trinajstić information content (AvgIpc) is 3.39. The van der Waals surface area contributed by atoms with Crippen molar-refractivity contribution in [2.75, 3.05) is 12.9 Å². The van der Waals surface area contributed by atoms with Gasteiger partial charge in [0.05, 0.1) is 25.3 Å². The van der Waals surface area contributed by atoms with E-state index in [4.69, 9.17) is 4.74 Å². The third-order valence-electron chi connectivity index (χ3n) is 6.08. The largest absolute Gasteiger partial charge is 0.481 e. The van der Waals surface area contributed by atoms with Gasteiger partial charge in [-0.25, -0.2) is 17.8 Å². The van der Waals surface area contributed by atoms with Crippen LogP contribution in [0.3, 0.4) is 0 Å². The molecule has 1 aromatic heterocycles. The number of hydrogen-bond donors (Lipinski definition) is 0. The minimum absolute atomic E-state index is 0.0405. The minimum atomic E-state index is -3.36. The van der Waals surface area contributed by atoms with Crippen LogP contribution in [0.15, 0.2) is 48.0 Å². The molecule has 2 aliphatic rings. The van der Waals surface area contributed by atoms with E-state index >= 15 is 0 Å². The van der Waals surface area contributed by atoms with Crippen molar-refractivity contribution in [2.45, 2.75) is 44.2 Å². The lowest BCUT2D eigenvalue weighted by Gasteiger charge is -2.28. The molecule has 1 aromatic carbocycles. The topological polar surface area (TPSA) is 76.6 Å². The van der Waals surface area contributed by atoms with Crippen LogP contribution in [0.1, 0.15) is 36.5 Å². The first-order chi connectivity index (χ1) is 14.7. The highest BCUT2D eigenvalue weighted by molar-refractivity contribution is 7.94. The Morgan fingerprint density at radius 2 is 2.06 bits per heavy atom. The SMILES string of the molecule is COc1cc(CN(C(=O)Cc2ccc(C3(C)CC3)cc2F)C2C=CS(=O)(=O)C2)ccn1. The number of halogens is 1. The number of ether oxygens (including phenoxy) is 1. The number of pyridine rings is 1. The molecule has 0 radical (unpaired) electrons. The van der Waals surface area contributed by atoms with Gasteiger partial charge in [0.25, 0.3) is 0 Å². The van der Waals surface area contributed by atoms with E-state index in [2.05, 4.69) is 11.9 Å². The number of nitrogens with zero attached hydrogens (tertiary/aromatic N) is 2. The summed E-state index contributed by atoms with van der Waals surface area (Å²) in [5, 5.41) is 1.14. The summed E-state index contributed by atoms with van der Waals surface area (Å²) in [5.74, 6) is -0.527. The van der Waals surface area contributed by atoms with E-state index in [1.165, 1.54) is 24.2 Å². The fraction of sp³-hybridized carbons (Fsp3) is 0.391. The van der Waals surface area contributed by atoms with E-state index in [1.807, 2.05) is 6.07 Å². The van der Waals surface area contributed by atoms with E-state index in [0.29, 0.717) is 11.4 Å². The predicted octanol–water partition coefficient (Wildman–Crippen LogP) is 3.16. The maximum Gasteiger partial charge on any atom is 0.227 e. The Balaban J connectivity index is 1.57. The van der Waals surface area contributed by atoms with Gasteiger partial charge in [-0.1, -0.05) is 19.1 Å². The zero-order valence-corrected chi connectivity index (χ0v) is 18.4. The van der Waals surface area contributed by atoms with Crippen LogP contribution in [-0.4, -0.2) is 43.1 Å². The second-order valence-corrected chi connectivity index (χ2v) is 10.4. The number of aromatic nitrogens is 1. The minimum Gasteiger partial charge on any atom is -0.481 e. The van der Waals surface area contributed by atoms with Crippen molar-refractivity contribution in [3.8, 4) is 5.88 Å². The molecule has 8 heteroatoms. The molecule has 1 atom stereocenters. The van der Waals surface area contributed by atoms with Gasteiger partial charge in [-0.2, -0.15) is 0 Å². The summed E-state index contributed by atoms with van der Waals surface area (Å²) in [6.07, 6.45) is 5.01. The average molecular weight is 445 g/mol. The van der Waals surface area contributed by atoms with Crippen LogP contribution in [0, 0.1) is 5.82 Å². The van der Waals surface area contributed by atoms with Crippen molar-refractivity contribution in [1.82, 2.24) is 9.88 Å². The number of hydrogen-bond acceptors (Lipinski definition) is 5. The molecule has 1 fully saturated rings. The number of benzene rings is 1. The molecule has 6 nitrogen and oxygen atoms in total. The second kappa shape index (κ2) is 8.07. The lowest BCUT2D eigenvalue weighted by Crippen LogP contribution is -2.41. The van der Waals surface area contributed by atoms with Crippen LogP contribution in [0.25, 0.3) is 0 Å². The molecule has 4 rings (SSSR count). The number of methoxy groups -OCH3 is 1. The maximum atomic E-state index is 14.8. The lowest BCUT2D eigenvalue weighted by atomic mass is 9.96. The molecule has 2 heterocycles. The molecular formula is C23H25FN2O4S. The Kier molecular flexibility index (Phi) is 5.60. The molecule has 0 spiro atoms. The third-order valence-corrected chi connectivity index (χ3v) is 7.46. The van der Waals surface area contributed by atoms with E-state index in [9.17, 15) is 17.6 Å². The van der Waals surface area contributed by atoms with Crippen molar-refractivity contribution < 1.29 is 22.3 Å². The Morgan fingerprint density at radius 1 is 1.29 bits per heavy atom. The normalized spacial score (nSPS) is 20.4. The number of carbonyl (C=O) groups excluding carboxylic acids is 1. The molecule has 1 unspecified atom stereocenters. The highest BCUT2D eigenvalue weighted by Crippen LogP contribution is 2.47. The Hall–Kier alpha value is -2.74. The molecule has 164 valence electrons. The summed E-state index contributed by atoms with van der Waals surface area (Å²) in [6, 6.07) is 7.90. The van der Waals surface area contributed by atoms with Gasteiger partial charge in [-0.15, -0.1) is 0 Å². The smallest absolute Gasteiger partial charge is 0.227 e. The van der Waals surface area contributed by atoms with Crippen molar-refractivity contribution in [3.63, 3.8) is 0 Å². The number of amides is 1. The van der Waals surface area contributed by atoms with Crippen LogP contribution < -0.4 is 4.74 Å². The van der Waals surface area contributed by atoms with Gasteiger partial charge in [0.2, 0.25) is 11.8 Å². The molecule has 31 heavy (non-hydrogen) atoms. The third kappa shape index (κ3) is 4.79. The van der Waals surface area contributed by atoms with Crippen LogP contribution in [0.5, 0.6) is 5.88 Å². The van der Waals surface area contributed by atoms with Gasteiger partial charge in [0, 0.05) is 24.2 Å². The molecule has 1 aliphatic carbocycles. The summed E-state index contributed by atoms with van der Waals surface area (Å²) in [4.78, 5) is 18.7. The van der Waals surface area contributed by atoms with Gasteiger partial charge < -0.3 is 9.64 Å². The summed E-state index contributed by atoms with van der Waals surface area (Å²) in [6.45, 7) is 2.27. The summed E-state index contributed by atoms with van der Waals surface area (Å²) < 4.78 is 43.8. The van der Waals surface area contributed by atoms with Crippen LogP contribution in [0.4, 0.5) is 4.39 Å². The number of carbonyl (C=O) groups is 1. The first-order valence-electron chi connectivity index (χ1n) is 10.2. The van der Waals surface area contributed by atoms with Gasteiger partial charge in [-0.3, -0.25) is 4.79 Å². The molecule has 0 bridgehead atoms. The maximum absolute atomic E-state index is 14.8. The van der Waals surface area contributed by atoms with E-state index in [1.54, 1.807) is 24.4 Å². The number of sulfone groups is 1. The standard InChI is InChI=1S/C23H25FN2O4S/c1-23(7-8-23)18-4-3-17(20(24)13-18)12-22(27)26(19-6-10-31(28,29)15-19)14-16-5-9-25-21(11-16)30-2/h3-6,9-11,13,19H,7-8,12,14-15H2,1-2H3.